The fourth-order valence-electron chi connectivity index (χ4n) is 6.11. The van der Waals surface area contributed by atoms with Gasteiger partial charge in [0.05, 0.1) is 19.2 Å². The molecule has 0 N–H and O–H groups in total. The molecule has 4 nitrogen and oxygen atoms in total. The van der Waals surface area contributed by atoms with Crippen LogP contribution in [0.4, 0.5) is 0 Å². The first-order valence-electron chi connectivity index (χ1n) is 10.5. The largest absolute Gasteiger partial charge is 0.497 e. The maximum atomic E-state index is 13.8. The van der Waals surface area contributed by atoms with Gasteiger partial charge < -0.3 is 4.74 Å². The molecule has 2 fully saturated rings. The van der Waals surface area contributed by atoms with Crippen molar-refractivity contribution in [2.24, 2.45) is 21.7 Å². The highest BCUT2D eigenvalue weighted by atomic mass is 16.5. The van der Waals surface area contributed by atoms with Crippen molar-refractivity contribution in [2.45, 2.75) is 45.7 Å². The molecule has 0 unspecified atom stereocenters. The number of hydrogen-bond acceptors (Lipinski definition) is 3. The Kier molecular flexibility index (Phi) is 3.93. The molecule has 0 aromatic heterocycles. The number of methoxy groups -OCH3 is 1. The van der Waals surface area contributed by atoms with E-state index in [2.05, 4.69) is 32.9 Å². The van der Waals surface area contributed by atoms with Crippen LogP contribution in [0.15, 0.2) is 59.6 Å². The van der Waals surface area contributed by atoms with Crippen molar-refractivity contribution in [3.8, 4) is 5.75 Å². The molecule has 2 aromatic rings. The molecule has 2 aromatic carbocycles. The van der Waals surface area contributed by atoms with Crippen LogP contribution >= 0.6 is 0 Å². The van der Waals surface area contributed by atoms with Crippen molar-refractivity contribution in [3.05, 3.63) is 65.7 Å². The van der Waals surface area contributed by atoms with Gasteiger partial charge in [0, 0.05) is 11.1 Å². The van der Waals surface area contributed by atoms with Crippen LogP contribution in [0.2, 0.25) is 0 Å². The number of amides is 1. The summed E-state index contributed by atoms with van der Waals surface area (Å²) in [6.45, 7) is 7.11. The van der Waals surface area contributed by atoms with Gasteiger partial charge in [0.2, 0.25) is 0 Å². The molecule has 1 heterocycles. The van der Waals surface area contributed by atoms with Crippen molar-refractivity contribution < 1.29 is 9.53 Å². The van der Waals surface area contributed by atoms with E-state index in [0.717, 1.165) is 23.6 Å². The van der Waals surface area contributed by atoms with Crippen LogP contribution in [0, 0.1) is 16.7 Å². The van der Waals surface area contributed by atoms with Gasteiger partial charge in [-0.1, -0.05) is 51.1 Å². The second-order valence-electron chi connectivity index (χ2n) is 9.44. The minimum absolute atomic E-state index is 0.0346. The molecule has 5 rings (SSSR count). The maximum absolute atomic E-state index is 13.8. The van der Waals surface area contributed by atoms with Gasteiger partial charge in [0.15, 0.2) is 0 Å². The van der Waals surface area contributed by atoms with Crippen LogP contribution in [0.1, 0.15) is 49.5 Å². The van der Waals surface area contributed by atoms with E-state index < -0.39 is 0 Å². The number of fused-ring (bicyclic) bond motifs is 5. The quantitative estimate of drug-likeness (QED) is 0.758. The number of amidine groups is 1. The Balaban J connectivity index is 1.62. The molecule has 150 valence electrons. The first kappa shape index (κ1) is 18.4. The molecule has 1 aliphatic heterocycles. The summed E-state index contributed by atoms with van der Waals surface area (Å²) in [5, 5.41) is 0. The fourth-order valence-corrected chi connectivity index (χ4v) is 6.11. The highest BCUT2D eigenvalue weighted by Crippen LogP contribution is 2.68. The fraction of sp³-hybridized carbons (Fsp3) is 0.440. The summed E-state index contributed by atoms with van der Waals surface area (Å²) < 4.78 is 5.27. The van der Waals surface area contributed by atoms with Gasteiger partial charge in [-0.3, -0.25) is 14.7 Å². The molecule has 2 bridgehead atoms. The Hall–Kier alpha value is -2.62. The smallest absolute Gasteiger partial charge is 0.259 e. The molecule has 1 amide bonds. The van der Waals surface area contributed by atoms with Gasteiger partial charge in [-0.15, -0.1) is 0 Å². The predicted octanol–water partition coefficient (Wildman–Crippen LogP) is 4.79. The van der Waals surface area contributed by atoms with E-state index in [9.17, 15) is 4.79 Å². The van der Waals surface area contributed by atoms with Crippen LogP contribution in [0.3, 0.4) is 0 Å². The van der Waals surface area contributed by atoms with Gasteiger partial charge >= 0.3 is 0 Å². The predicted molar refractivity (Wildman–Crippen MR) is 114 cm³/mol. The summed E-state index contributed by atoms with van der Waals surface area (Å²) in [6, 6.07) is 17.9. The van der Waals surface area contributed by atoms with Crippen molar-refractivity contribution in [3.63, 3.8) is 0 Å². The van der Waals surface area contributed by atoms with Crippen LogP contribution in [-0.2, 0) is 0 Å². The molecule has 2 saturated carbocycles. The summed E-state index contributed by atoms with van der Waals surface area (Å²) in [4.78, 5) is 21.0. The van der Waals surface area contributed by atoms with Crippen molar-refractivity contribution in [1.82, 2.24) is 4.90 Å². The zero-order valence-corrected chi connectivity index (χ0v) is 17.6. The second-order valence-corrected chi connectivity index (χ2v) is 9.44. The lowest BCUT2D eigenvalue weighted by molar-refractivity contribution is 0.0567. The van der Waals surface area contributed by atoms with Crippen molar-refractivity contribution in [2.75, 3.05) is 7.11 Å². The van der Waals surface area contributed by atoms with E-state index >= 15 is 0 Å². The molecule has 4 atom stereocenters. The van der Waals surface area contributed by atoms with Crippen molar-refractivity contribution >= 4 is 11.7 Å². The molecular weight excluding hydrogens is 360 g/mol. The number of rotatable bonds is 3. The Morgan fingerprint density at radius 1 is 1.07 bits per heavy atom. The topological polar surface area (TPSA) is 41.9 Å². The van der Waals surface area contributed by atoms with E-state index in [1.54, 1.807) is 7.11 Å². The normalized spacial score (nSPS) is 31.5. The lowest BCUT2D eigenvalue weighted by Gasteiger charge is -2.42. The molecule has 2 aliphatic carbocycles. The molecule has 0 radical (unpaired) electrons. The first-order chi connectivity index (χ1) is 13.9. The minimum atomic E-state index is 0.0346. The van der Waals surface area contributed by atoms with E-state index in [1.807, 2.05) is 47.4 Å². The van der Waals surface area contributed by atoms with Crippen LogP contribution < -0.4 is 4.74 Å². The van der Waals surface area contributed by atoms with Gasteiger partial charge in [-0.25, -0.2) is 0 Å². The SMILES string of the molecule is COc1ccc(C(=O)N2C(c3ccccc3)=N[C@@H]3[C@H]4CC[C@@](C)([C@@H]32)C4(C)C)cc1. The van der Waals surface area contributed by atoms with Gasteiger partial charge in [0.25, 0.3) is 5.91 Å². The second kappa shape index (κ2) is 6.19. The number of carbonyl (C=O) groups excluding carboxylic acids is 1. The van der Waals surface area contributed by atoms with Crippen LogP contribution in [0.5, 0.6) is 5.75 Å². The Bertz CT molecular complexity index is 980. The van der Waals surface area contributed by atoms with E-state index in [4.69, 9.17) is 9.73 Å². The van der Waals surface area contributed by atoms with Gasteiger partial charge in [-0.2, -0.15) is 0 Å². The highest BCUT2D eigenvalue weighted by molar-refractivity contribution is 6.14. The third-order valence-corrected chi connectivity index (χ3v) is 8.13. The molecule has 3 aliphatic rings. The molecule has 29 heavy (non-hydrogen) atoms. The van der Waals surface area contributed by atoms with E-state index in [0.29, 0.717) is 11.5 Å². The summed E-state index contributed by atoms with van der Waals surface area (Å²) in [5.41, 5.74) is 1.93. The van der Waals surface area contributed by atoms with Crippen LogP contribution in [-0.4, -0.2) is 35.8 Å². The third-order valence-electron chi connectivity index (χ3n) is 8.13. The monoisotopic (exact) mass is 388 g/mol. The zero-order valence-electron chi connectivity index (χ0n) is 17.6. The Labute approximate surface area is 172 Å². The third kappa shape index (κ3) is 2.38. The first-order valence-corrected chi connectivity index (χ1v) is 10.5. The zero-order chi connectivity index (χ0) is 20.4. The van der Waals surface area contributed by atoms with Crippen LogP contribution in [0.25, 0.3) is 0 Å². The molecule has 0 saturated heterocycles. The lowest BCUT2D eigenvalue weighted by atomic mass is 9.68. The Morgan fingerprint density at radius 3 is 2.41 bits per heavy atom. The molecule has 0 spiro atoms. The lowest BCUT2D eigenvalue weighted by Crippen LogP contribution is -2.52. The number of benzene rings is 2. The van der Waals surface area contributed by atoms with E-state index in [-0.39, 0.29) is 28.8 Å². The van der Waals surface area contributed by atoms with Crippen molar-refractivity contribution in [1.29, 1.82) is 0 Å². The summed E-state index contributed by atoms with van der Waals surface area (Å²) in [5.74, 6) is 2.14. The number of hydrogen-bond donors (Lipinski definition) is 0. The average Bonchev–Trinajstić information content (AvgIpc) is 3.30. The number of ether oxygens (including phenoxy) is 1. The number of carbonyl (C=O) groups is 1. The summed E-state index contributed by atoms with van der Waals surface area (Å²) in [7, 11) is 1.64. The molecule has 4 heteroatoms. The minimum Gasteiger partial charge on any atom is -0.497 e. The average molecular weight is 389 g/mol. The van der Waals surface area contributed by atoms with Gasteiger partial charge in [0.1, 0.15) is 11.6 Å². The van der Waals surface area contributed by atoms with Gasteiger partial charge in [-0.05, 0) is 53.9 Å². The summed E-state index contributed by atoms with van der Waals surface area (Å²) in [6.07, 6.45) is 2.34. The maximum Gasteiger partial charge on any atom is 0.259 e. The summed E-state index contributed by atoms with van der Waals surface area (Å²) >= 11 is 0. The standard InChI is InChI=1S/C25H28N2O2/c1-24(2)19-14-15-25(24,3)21-20(19)26-22(16-8-6-5-7-9-16)27(21)23(28)17-10-12-18(29-4)13-11-17/h5-13,19-21H,14-15H2,1-4H3/t19-,20-,21-,25+/m1/s1. The number of nitrogens with zero attached hydrogens (tertiary/aromatic N) is 2. The molecular formula is C25H28N2O2. The van der Waals surface area contributed by atoms with E-state index in [1.165, 1.54) is 6.42 Å². The number of aliphatic imine (C=N–C) groups is 1. The Morgan fingerprint density at radius 2 is 1.76 bits per heavy atom. The highest BCUT2D eigenvalue weighted by Gasteiger charge is 2.70.